The van der Waals surface area contributed by atoms with Gasteiger partial charge in [-0.2, -0.15) is 0 Å². The zero-order valence-corrected chi connectivity index (χ0v) is 5.08. The molecule has 0 bridgehead atoms. The smallest absolute Gasteiger partial charge is 0.0854 e. The van der Waals surface area contributed by atoms with Crippen LogP contribution in [-0.4, -0.2) is 12.4 Å². The van der Waals surface area contributed by atoms with Gasteiger partial charge < -0.3 is 0 Å². The van der Waals surface area contributed by atoms with Crippen LogP contribution in [0.5, 0.6) is 0 Å². The summed E-state index contributed by atoms with van der Waals surface area (Å²) in [6.07, 6.45) is 3.34. The second-order valence-electron chi connectivity index (χ2n) is 0.825. The Kier molecular flexibility index (Phi) is 1.09. The van der Waals surface area contributed by atoms with Crippen LogP contribution in [-0.2, 0) is 0 Å². The maximum absolute atomic E-state index is 3.79. The highest BCUT2D eigenvalue weighted by molar-refractivity contribution is 14.1. The van der Waals surface area contributed by atoms with Gasteiger partial charge in [-0.1, -0.05) is 9.98 Å². The van der Waals surface area contributed by atoms with Crippen molar-refractivity contribution in [3.05, 3.63) is 4.17 Å². The fourth-order valence-electron chi connectivity index (χ4n) is 0.223. The molecule has 0 radical (unpaired) electrons. The van der Waals surface area contributed by atoms with Gasteiger partial charge in [-0.05, 0) is 0 Å². The molecule has 0 saturated carbocycles. The first-order valence-corrected chi connectivity index (χ1v) is 2.56. The summed E-state index contributed by atoms with van der Waals surface area (Å²) < 4.78 is 0.813. The van der Waals surface area contributed by atoms with Gasteiger partial charge in [-0.25, -0.2) is 0 Å². The Morgan fingerprint density at radius 1 is 1.33 bits per heavy atom. The average molecular weight is 193 g/mol. The van der Waals surface area contributed by atoms with E-state index >= 15 is 0 Å². The van der Waals surface area contributed by atoms with Crippen molar-refractivity contribution in [1.82, 2.24) is 0 Å². The third-order valence-electron chi connectivity index (χ3n) is 0.429. The highest BCUT2D eigenvalue weighted by Gasteiger charge is 2.07. The molecule has 0 fully saturated rings. The fraction of sp³-hybridized carbons (Fsp3) is 0. The number of hydrogen-bond donors (Lipinski definition) is 0. The van der Waals surface area contributed by atoms with E-state index in [1.165, 1.54) is 0 Å². The number of hydrogen-bond acceptors (Lipinski definition) is 2. The summed E-state index contributed by atoms with van der Waals surface area (Å²) in [6, 6.07) is 0. The van der Waals surface area contributed by atoms with E-state index in [4.69, 9.17) is 0 Å². The molecule has 0 aromatic heterocycles. The predicted octanol–water partition coefficient (Wildman–Crippen LogP) is 1.02. The Bertz CT molecular complexity index is 85.0. The van der Waals surface area contributed by atoms with Crippen LogP contribution in [0.4, 0.5) is 0 Å². The molecule has 0 aliphatic carbocycles. The highest BCUT2D eigenvalue weighted by atomic mass is 127. The third kappa shape index (κ3) is 0.707. The Labute approximate surface area is 49.5 Å². The fourth-order valence-corrected chi connectivity index (χ4v) is 0.545. The van der Waals surface area contributed by atoms with Crippen LogP contribution in [0.25, 0.3) is 0 Å². The van der Waals surface area contributed by atoms with Crippen molar-refractivity contribution in [2.24, 2.45) is 9.98 Å². The number of aliphatic imine (C=N–C) groups is 2. The van der Waals surface area contributed by atoms with Gasteiger partial charge in [0.25, 0.3) is 0 Å². The first-order chi connectivity index (χ1) is 2.89. The van der Waals surface area contributed by atoms with Gasteiger partial charge in [0, 0.05) is 0 Å². The summed E-state index contributed by atoms with van der Waals surface area (Å²) in [7, 11) is 0. The van der Waals surface area contributed by atoms with Crippen molar-refractivity contribution in [3.8, 4) is 0 Å². The summed E-state index contributed by atoms with van der Waals surface area (Å²) in [5.41, 5.74) is 0. The normalized spacial score (nSPS) is 17.2. The van der Waals surface area contributed by atoms with Crippen LogP contribution in [0, 0.1) is 4.17 Å². The van der Waals surface area contributed by atoms with Crippen LogP contribution >= 0.6 is 22.6 Å². The largest absolute Gasteiger partial charge is 0.301 e. The van der Waals surface area contributed by atoms with Crippen molar-refractivity contribution in [2.45, 2.75) is 0 Å². The lowest BCUT2D eigenvalue weighted by Gasteiger charge is -1.68. The van der Waals surface area contributed by atoms with Crippen molar-refractivity contribution in [1.29, 1.82) is 0 Å². The standard InChI is InChI=1S/C3H2IN2/c4-3-5-1-2-6-3/h1-2H/q+1. The summed E-state index contributed by atoms with van der Waals surface area (Å²) in [5, 5.41) is 0. The van der Waals surface area contributed by atoms with Gasteiger partial charge in [0.05, 0.1) is 22.6 Å². The molecule has 0 aromatic carbocycles. The Balaban J connectivity index is 2.60. The van der Waals surface area contributed by atoms with E-state index in [0.29, 0.717) is 0 Å². The predicted molar refractivity (Wildman–Crippen MR) is 34.2 cm³/mol. The van der Waals surface area contributed by atoms with E-state index in [0.717, 1.165) is 4.17 Å². The SMILES string of the molecule is I[C+]1N=CC=N1. The van der Waals surface area contributed by atoms with E-state index in [2.05, 4.69) is 32.6 Å². The second-order valence-corrected chi connectivity index (χ2v) is 1.79. The molecule has 30 valence electrons. The quantitative estimate of drug-likeness (QED) is 0.311. The van der Waals surface area contributed by atoms with E-state index in [1.54, 1.807) is 12.4 Å². The van der Waals surface area contributed by atoms with Gasteiger partial charge in [-0.15, -0.1) is 0 Å². The molecule has 1 aliphatic heterocycles. The summed E-state index contributed by atoms with van der Waals surface area (Å²) in [4.78, 5) is 7.58. The van der Waals surface area contributed by atoms with Crippen LogP contribution < -0.4 is 0 Å². The van der Waals surface area contributed by atoms with E-state index in [9.17, 15) is 0 Å². The van der Waals surface area contributed by atoms with Crippen molar-refractivity contribution in [2.75, 3.05) is 0 Å². The first kappa shape index (κ1) is 4.11. The van der Waals surface area contributed by atoms with E-state index in [-0.39, 0.29) is 0 Å². The summed E-state index contributed by atoms with van der Waals surface area (Å²) in [6.45, 7) is 0. The minimum absolute atomic E-state index is 0.813. The minimum Gasteiger partial charge on any atom is -0.0854 e. The number of nitrogens with zero attached hydrogens (tertiary/aromatic N) is 2. The molecule has 0 saturated heterocycles. The maximum Gasteiger partial charge on any atom is 0.301 e. The Morgan fingerprint density at radius 2 is 1.83 bits per heavy atom. The Morgan fingerprint density at radius 3 is 2.00 bits per heavy atom. The molecule has 2 nitrogen and oxygen atoms in total. The molecule has 6 heavy (non-hydrogen) atoms. The van der Waals surface area contributed by atoms with Gasteiger partial charge in [-0.3, -0.25) is 0 Å². The molecule has 0 amide bonds. The zero-order chi connectivity index (χ0) is 4.41. The number of halogens is 1. The van der Waals surface area contributed by atoms with Crippen LogP contribution in [0.2, 0.25) is 0 Å². The number of rotatable bonds is 0. The molecule has 0 atom stereocenters. The van der Waals surface area contributed by atoms with Gasteiger partial charge in [0.15, 0.2) is 12.4 Å². The van der Waals surface area contributed by atoms with Gasteiger partial charge in [0.1, 0.15) is 0 Å². The molecule has 0 unspecified atom stereocenters. The van der Waals surface area contributed by atoms with Gasteiger partial charge in [0.2, 0.25) is 0 Å². The lowest BCUT2D eigenvalue weighted by atomic mass is 10.9. The molecule has 3 heteroatoms. The minimum atomic E-state index is 0.813. The van der Waals surface area contributed by atoms with E-state index < -0.39 is 0 Å². The average Bonchev–Trinajstić information content (AvgIpc) is 1.86. The molecule has 1 rings (SSSR count). The molecule has 1 heterocycles. The lowest BCUT2D eigenvalue weighted by molar-refractivity contribution is 1.27. The zero-order valence-electron chi connectivity index (χ0n) is 2.93. The molecule has 0 aromatic rings. The molecule has 0 N–H and O–H groups in total. The van der Waals surface area contributed by atoms with Crippen molar-refractivity contribution < 1.29 is 0 Å². The van der Waals surface area contributed by atoms with Crippen molar-refractivity contribution >= 4 is 35.0 Å². The summed E-state index contributed by atoms with van der Waals surface area (Å²) in [5.74, 6) is 0. The van der Waals surface area contributed by atoms with Crippen LogP contribution in [0.1, 0.15) is 0 Å². The van der Waals surface area contributed by atoms with Crippen LogP contribution in [0.3, 0.4) is 0 Å². The first-order valence-electron chi connectivity index (χ1n) is 1.49. The molecular weight excluding hydrogens is 191 g/mol. The molecule has 1 aliphatic rings. The topological polar surface area (TPSA) is 24.7 Å². The maximum atomic E-state index is 3.79. The third-order valence-corrected chi connectivity index (χ3v) is 0.986. The highest BCUT2D eigenvalue weighted by Crippen LogP contribution is 2.14. The monoisotopic (exact) mass is 193 g/mol. The van der Waals surface area contributed by atoms with Crippen molar-refractivity contribution in [3.63, 3.8) is 0 Å². The second kappa shape index (κ2) is 1.59. The molecule has 0 spiro atoms. The Hall–Kier alpha value is -0.0600. The summed E-state index contributed by atoms with van der Waals surface area (Å²) >= 11 is 2.05. The van der Waals surface area contributed by atoms with Crippen LogP contribution in [0.15, 0.2) is 9.98 Å². The van der Waals surface area contributed by atoms with Gasteiger partial charge >= 0.3 is 4.17 Å². The molecular formula is C3H2IN2+. The van der Waals surface area contributed by atoms with E-state index in [1.807, 2.05) is 0 Å². The lowest BCUT2D eigenvalue weighted by Crippen LogP contribution is -1.60.